The van der Waals surface area contributed by atoms with Crippen LogP contribution >= 0.6 is 12.2 Å². The summed E-state index contributed by atoms with van der Waals surface area (Å²) < 4.78 is 11.2. The van der Waals surface area contributed by atoms with Crippen molar-refractivity contribution in [3.05, 3.63) is 65.7 Å². The van der Waals surface area contributed by atoms with Gasteiger partial charge in [0.15, 0.2) is 0 Å². The van der Waals surface area contributed by atoms with Crippen LogP contribution in [0, 0.1) is 0 Å². The number of hydrogen-bond acceptors (Lipinski definition) is 3. The van der Waals surface area contributed by atoms with Gasteiger partial charge in [0.1, 0.15) is 17.3 Å². The number of thiocarbonyl (C=S) groups is 1. The first kappa shape index (κ1) is 15.5. The van der Waals surface area contributed by atoms with E-state index in [4.69, 9.17) is 27.4 Å². The SMILES string of the molecule is NC(=S)c1ccccc1OCCOCCc1ccccc1. The zero-order valence-electron chi connectivity index (χ0n) is 11.8. The van der Waals surface area contributed by atoms with Gasteiger partial charge in [-0.1, -0.05) is 54.7 Å². The molecular weight excluding hydrogens is 282 g/mol. The van der Waals surface area contributed by atoms with E-state index in [1.807, 2.05) is 42.5 Å². The fourth-order valence-electron chi connectivity index (χ4n) is 1.94. The highest BCUT2D eigenvalue weighted by atomic mass is 32.1. The normalized spacial score (nSPS) is 10.3. The number of para-hydroxylation sites is 1. The highest BCUT2D eigenvalue weighted by molar-refractivity contribution is 7.80. The highest BCUT2D eigenvalue weighted by Crippen LogP contribution is 2.17. The van der Waals surface area contributed by atoms with E-state index in [1.165, 1.54) is 5.56 Å². The molecule has 4 heteroatoms. The van der Waals surface area contributed by atoms with E-state index < -0.39 is 0 Å². The number of rotatable bonds is 8. The Morgan fingerprint density at radius 1 is 0.905 bits per heavy atom. The molecule has 21 heavy (non-hydrogen) atoms. The molecule has 0 aliphatic heterocycles. The van der Waals surface area contributed by atoms with Crippen LogP contribution in [-0.4, -0.2) is 24.8 Å². The zero-order valence-corrected chi connectivity index (χ0v) is 12.6. The summed E-state index contributed by atoms with van der Waals surface area (Å²) in [5.41, 5.74) is 7.69. The monoisotopic (exact) mass is 301 g/mol. The predicted molar refractivity (Wildman–Crippen MR) is 88.8 cm³/mol. The van der Waals surface area contributed by atoms with Crippen molar-refractivity contribution in [1.29, 1.82) is 0 Å². The van der Waals surface area contributed by atoms with Gasteiger partial charge in [0.2, 0.25) is 0 Å². The van der Waals surface area contributed by atoms with Gasteiger partial charge >= 0.3 is 0 Å². The predicted octanol–water partition coefficient (Wildman–Crippen LogP) is 2.96. The largest absolute Gasteiger partial charge is 0.490 e. The van der Waals surface area contributed by atoms with Crippen molar-refractivity contribution in [2.45, 2.75) is 6.42 Å². The molecule has 0 aromatic heterocycles. The number of benzene rings is 2. The summed E-state index contributed by atoms with van der Waals surface area (Å²) in [4.78, 5) is 0.343. The maximum Gasteiger partial charge on any atom is 0.129 e. The molecular formula is C17H19NO2S. The van der Waals surface area contributed by atoms with Crippen molar-refractivity contribution in [2.75, 3.05) is 19.8 Å². The lowest BCUT2D eigenvalue weighted by Gasteiger charge is -2.10. The van der Waals surface area contributed by atoms with Gasteiger partial charge in [0, 0.05) is 0 Å². The van der Waals surface area contributed by atoms with Crippen LogP contribution in [0.4, 0.5) is 0 Å². The zero-order chi connectivity index (χ0) is 14.9. The molecule has 0 amide bonds. The van der Waals surface area contributed by atoms with Crippen LogP contribution in [0.15, 0.2) is 54.6 Å². The molecule has 0 unspecified atom stereocenters. The molecule has 0 aliphatic rings. The lowest BCUT2D eigenvalue weighted by Crippen LogP contribution is -2.14. The Kier molecular flexibility index (Phi) is 6.19. The smallest absolute Gasteiger partial charge is 0.129 e. The standard InChI is InChI=1S/C17H19NO2S/c18-17(21)15-8-4-5-9-16(15)20-13-12-19-11-10-14-6-2-1-3-7-14/h1-9H,10-13H2,(H2,18,21). The molecule has 110 valence electrons. The van der Waals surface area contributed by atoms with Crippen LogP contribution in [0.2, 0.25) is 0 Å². The Hall–Kier alpha value is -1.91. The van der Waals surface area contributed by atoms with Crippen LogP contribution in [0.25, 0.3) is 0 Å². The van der Waals surface area contributed by atoms with Crippen LogP contribution in [0.1, 0.15) is 11.1 Å². The van der Waals surface area contributed by atoms with Crippen molar-refractivity contribution in [2.24, 2.45) is 5.73 Å². The van der Waals surface area contributed by atoms with Gasteiger partial charge in [0.25, 0.3) is 0 Å². The molecule has 0 saturated carbocycles. The van der Waals surface area contributed by atoms with E-state index in [2.05, 4.69) is 12.1 Å². The van der Waals surface area contributed by atoms with Crippen molar-refractivity contribution in [1.82, 2.24) is 0 Å². The van der Waals surface area contributed by atoms with E-state index >= 15 is 0 Å². The summed E-state index contributed by atoms with van der Waals surface area (Å²) >= 11 is 4.99. The summed E-state index contributed by atoms with van der Waals surface area (Å²) in [6, 6.07) is 17.8. The van der Waals surface area contributed by atoms with Gasteiger partial charge in [-0.25, -0.2) is 0 Å². The van der Waals surface area contributed by atoms with Gasteiger partial charge < -0.3 is 15.2 Å². The van der Waals surface area contributed by atoms with Gasteiger partial charge in [-0.05, 0) is 24.1 Å². The molecule has 2 aromatic carbocycles. The minimum absolute atomic E-state index is 0.343. The maximum absolute atomic E-state index is 5.66. The Bertz CT molecular complexity index is 572. The lowest BCUT2D eigenvalue weighted by molar-refractivity contribution is 0.102. The topological polar surface area (TPSA) is 44.5 Å². The van der Waals surface area contributed by atoms with Gasteiger partial charge in [0.05, 0.1) is 18.8 Å². The second kappa shape index (κ2) is 8.39. The van der Waals surface area contributed by atoms with Crippen molar-refractivity contribution in [3.8, 4) is 5.75 Å². The first-order valence-electron chi connectivity index (χ1n) is 6.90. The van der Waals surface area contributed by atoms with Crippen LogP contribution in [0.5, 0.6) is 5.75 Å². The molecule has 2 rings (SSSR count). The van der Waals surface area contributed by atoms with Gasteiger partial charge in [-0.15, -0.1) is 0 Å². The quantitative estimate of drug-likeness (QED) is 0.601. The molecule has 0 radical (unpaired) electrons. The third kappa shape index (κ3) is 5.17. The summed E-state index contributed by atoms with van der Waals surface area (Å²) in [5, 5.41) is 0. The summed E-state index contributed by atoms with van der Waals surface area (Å²) in [5.74, 6) is 0.705. The molecule has 3 nitrogen and oxygen atoms in total. The molecule has 0 saturated heterocycles. The minimum atomic E-state index is 0.343. The van der Waals surface area contributed by atoms with E-state index in [9.17, 15) is 0 Å². The average molecular weight is 301 g/mol. The molecule has 0 atom stereocenters. The van der Waals surface area contributed by atoms with Gasteiger partial charge in [-0.2, -0.15) is 0 Å². The molecule has 0 spiro atoms. The Balaban J connectivity index is 1.67. The Morgan fingerprint density at radius 3 is 2.38 bits per heavy atom. The first-order chi connectivity index (χ1) is 10.3. The number of nitrogens with two attached hydrogens (primary N) is 1. The van der Waals surface area contributed by atoms with Crippen molar-refractivity contribution >= 4 is 17.2 Å². The average Bonchev–Trinajstić information content (AvgIpc) is 2.52. The van der Waals surface area contributed by atoms with E-state index in [0.29, 0.717) is 30.6 Å². The molecule has 0 aliphatic carbocycles. The lowest BCUT2D eigenvalue weighted by atomic mass is 10.2. The minimum Gasteiger partial charge on any atom is -0.490 e. The van der Waals surface area contributed by atoms with E-state index in [0.717, 1.165) is 12.0 Å². The second-order valence-electron chi connectivity index (χ2n) is 4.56. The fourth-order valence-corrected chi connectivity index (χ4v) is 2.11. The molecule has 0 bridgehead atoms. The number of ether oxygens (including phenoxy) is 2. The van der Waals surface area contributed by atoms with Crippen molar-refractivity contribution < 1.29 is 9.47 Å². The fraction of sp³-hybridized carbons (Fsp3) is 0.235. The molecule has 0 heterocycles. The van der Waals surface area contributed by atoms with Crippen LogP contribution in [0.3, 0.4) is 0 Å². The van der Waals surface area contributed by atoms with Crippen LogP contribution < -0.4 is 10.5 Å². The van der Waals surface area contributed by atoms with E-state index in [1.54, 1.807) is 0 Å². The molecule has 2 N–H and O–H groups in total. The van der Waals surface area contributed by atoms with Crippen LogP contribution in [-0.2, 0) is 11.2 Å². The number of hydrogen-bond donors (Lipinski definition) is 1. The maximum atomic E-state index is 5.66. The Morgan fingerprint density at radius 2 is 1.62 bits per heavy atom. The highest BCUT2D eigenvalue weighted by Gasteiger charge is 2.04. The summed E-state index contributed by atoms with van der Waals surface area (Å²) in [7, 11) is 0. The third-order valence-electron chi connectivity index (χ3n) is 3.02. The Labute approximate surface area is 130 Å². The van der Waals surface area contributed by atoms with Crippen molar-refractivity contribution in [3.63, 3.8) is 0 Å². The molecule has 2 aromatic rings. The molecule has 0 fully saturated rings. The third-order valence-corrected chi connectivity index (χ3v) is 3.24. The van der Waals surface area contributed by atoms with Gasteiger partial charge in [-0.3, -0.25) is 0 Å². The summed E-state index contributed by atoms with van der Waals surface area (Å²) in [6.07, 6.45) is 0.907. The van der Waals surface area contributed by atoms with E-state index in [-0.39, 0.29) is 0 Å². The summed E-state index contributed by atoms with van der Waals surface area (Å²) in [6.45, 7) is 1.71. The second-order valence-corrected chi connectivity index (χ2v) is 5.00. The first-order valence-corrected chi connectivity index (χ1v) is 7.31.